The summed E-state index contributed by atoms with van der Waals surface area (Å²) in [6.45, 7) is 1.70. The number of benzene rings is 4. The van der Waals surface area contributed by atoms with Gasteiger partial charge in [0.25, 0.3) is 10.0 Å². The second kappa shape index (κ2) is 16.5. The van der Waals surface area contributed by atoms with E-state index >= 15 is 0 Å². The molecule has 0 saturated carbocycles. The van der Waals surface area contributed by atoms with Gasteiger partial charge in [-0.25, -0.2) is 8.42 Å². The molecule has 1 N–H and O–H groups in total. The van der Waals surface area contributed by atoms with E-state index in [4.69, 9.17) is 46.4 Å². The summed E-state index contributed by atoms with van der Waals surface area (Å²) in [5, 5.41) is 3.64. The van der Waals surface area contributed by atoms with E-state index in [9.17, 15) is 18.0 Å². The molecule has 242 valence electrons. The molecule has 0 saturated heterocycles. The minimum Gasteiger partial charge on any atom is -0.354 e. The first kappa shape index (κ1) is 35.6. The van der Waals surface area contributed by atoms with Crippen molar-refractivity contribution in [3.8, 4) is 0 Å². The van der Waals surface area contributed by atoms with Crippen LogP contribution in [0.25, 0.3) is 0 Å². The molecular formula is C34H33Cl4N3O4S. The van der Waals surface area contributed by atoms with Crippen molar-refractivity contribution < 1.29 is 18.0 Å². The number of unbranched alkanes of at least 4 members (excludes halogenated alkanes) is 1. The molecule has 2 amide bonds. The van der Waals surface area contributed by atoms with Crippen LogP contribution in [0, 0.1) is 0 Å². The number of rotatable bonds is 14. The topological polar surface area (TPSA) is 86.8 Å². The van der Waals surface area contributed by atoms with Crippen molar-refractivity contribution in [2.24, 2.45) is 0 Å². The maximum Gasteiger partial charge on any atom is 0.264 e. The lowest BCUT2D eigenvalue weighted by Crippen LogP contribution is -2.53. The number of anilines is 1. The van der Waals surface area contributed by atoms with Crippen LogP contribution >= 0.6 is 46.4 Å². The van der Waals surface area contributed by atoms with Crippen LogP contribution in [-0.2, 0) is 32.6 Å². The molecule has 0 fully saturated rings. The van der Waals surface area contributed by atoms with Crippen LogP contribution in [0.4, 0.5) is 5.69 Å². The standard InChI is InChI=1S/C34H33Cl4N3O4S/c1-2-3-19-39-34(43)31(21-24-11-6-4-7-12-24)40(22-25-17-18-27(35)29(37)20-25)32(42)23-41(30-16-10-15-28(36)33(30)38)46(44,45)26-13-8-5-9-14-26/h4-18,20,31H,2-3,19,21-23H2,1H3,(H,39,43). The van der Waals surface area contributed by atoms with Gasteiger partial charge in [0.1, 0.15) is 12.6 Å². The largest absolute Gasteiger partial charge is 0.354 e. The molecule has 0 spiro atoms. The third-order valence-electron chi connectivity index (χ3n) is 7.25. The van der Waals surface area contributed by atoms with Gasteiger partial charge >= 0.3 is 0 Å². The van der Waals surface area contributed by atoms with Gasteiger partial charge < -0.3 is 10.2 Å². The zero-order chi connectivity index (χ0) is 33.3. The lowest BCUT2D eigenvalue weighted by Gasteiger charge is -2.34. The first-order chi connectivity index (χ1) is 22.0. The van der Waals surface area contributed by atoms with Gasteiger partial charge in [-0.1, -0.05) is 120 Å². The zero-order valence-electron chi connectivity index (χ0n) is 25.0. The molecule has 0 radical (unpaired) electrons. The van der Waals surface area contributed by atoms with Crippen LogP contribution in [0.3, 0.4) is 0 Å². The van der Waals surface area contributed by atoms with E-state index in [-0.39, 0.29) is 44.5 Å². The van der Waals surface area contributed by atoms with Gasteiger partial charge in [0.15, 0.2) is 0 Å². The molecule has 0 aliphatic heterocycles. The van der Waals surface area contributed by atoms with Crippen LogP contribution in [0.1, 0.15) is 30.9 Å². The number of hydrogen-bond acceptors (Lipinski definition) is 4. The van der Waals surface area contributed by atoms with E-state index in [1.807, 2.05) is 37.3 Å². The number of halogens is 4. The Morgan fingerprint density at radius 3 is 2.11 bits per heavy atom. The Bertz CT molecular complexity index is 1760. The maximum atomic E-state index is 14.5. The minimum absolute atomic E-state index is 0.0212. The fraction of sp³-hybridized carbons (Fsp3) is 0.235. The number of sulfonamides is 1. The average molecular weight is 722 g/mol. The molecule has 0 aromatic heterocycles. The summed E-state index contributed by atoms with van der Waals surface area (Å²) < 4.78 is 29.1. The molecule has 0 aliphatic carbocycles. The SMILES string of the molecule is CCCCNC(=O)C(Cc1ccccc1)N(Cc1ccc(Cl)c(Cl)c1)C(=O)CN(c1cccc(Cl)c1Cl)S(=O)(=O)c1ccccc1. The number of hydrogen-bond donors (Lipinski definition) is 1. The van der Waals surface area contributed by atoms with Gasteiger partial charge in [0.05, 0.1) is 30.7 Å². The molecule has 7 nitrogen and oxygen atoms in total. The van der Waals surface area contributed by atoms with Crippen LogP contribution < -0.4 is 9.62 Å². The first-order valence-corrected chi connectivity index (χ1v) is 17.5. The summed E-state index contributed by atoms with van der Waals surface area (Å²) in [7, 11) is -4.33. The smallest absolute Gasteiger partial charge is 0.264 e. The van der Waals surface area contributed by atoms with Gasteiger partial charge in [-0.15, -0.1) is 0 Å². The molecule has 4 aromatic carbocycles. The lowest BCUT2D eigenvalue weighted by atomic mass is 10.0. The van der Waals surface area contributed by atoms with E-state index in [0.29, 0.717) is 17.1 Å². The summed E-state index contributed by atoms with van der Waals surface area (Å²) in [6.07, 6.45) is 1.79. The minimum atomic E-state index is -4.33. The highest BCUT2D eigenvalue weighted by molar-refractivity contribution is 7.92. The lowest BCUT2D eigenvalue weighted by molar-refractivity contribution is -0.140. The predicted molar refractivity (Wildman–Crippen MR) is 186 cm³/mol. The van der Waals surface area contributed by atoms with E-state index in [2.05, 4.69) is 5.32 Å². The Kier molecular flexibility index (Phi) is 12.8. The van der Waals surface area contributed by atoms with E-state index < -0.39 is 28.5 Å². The summed E-state index contributed by atoms with van der Waals surface area (Å²) in [5.74, 6) is -1.02. The molecule has 0 aliphatic rings. The second-order valence-electron chi connectivity index (χ2n) is 10.5. The van der Waals surface area contributed by atoms with Crippen LogP contribution in [0.15, 0.2) is 102 Å². The molecule has 46 heavy (non-hydrogen) atoms. The summed E-state index contributed by atoms with van der Waals surface area (Å²) in [5.41, 5.74) is 1.44. The van der Waals surface area contributed by atoms with E-state index in [1.165, 1.54) is 29.2 Å². The third-order valence-corrected chi connectivity index (χ3v) is 10.6. The van der Waals surface area contributed by atoms with Crippen molar-refractivity contribution in [3.63, 3.8) is 0 Å². The summed E-state index contributed by atoms with van der Waals surface area (Å²) >= 11 is 25.3. The van der Waals surface area contributed by atoms with Crippen LogP contribution in [0.2, 0.25) is 20.1 Å². The second-order valence-corrected chi connectivity index (χ2v) is 14.0. The highest BCUT2D eigenvalue weighted by atomic mass is 35.5. The molecule has 1 atom stereocenters. The zero-order valence-corrected chi connectivity index (χ0v) is 28.8. The fourth-order valence-electron chi connectivity index (χ4n) is 4.81. The molecular weight excluding hydrogens is 688 g/mol. The van der Waals surface area contributed by atoms with Gasteiger partial charge in [-0.3, -0.25) is 13.9 Å². The van der Waals surface area contributed by atoms with Crippen molar-refractivity contribution in [3.05, 3.63) is 128 Å². The average Bonchev–Trinajstić information content (AvgIpc) is 3.05. The van der Waals surface area contributed by atoms with E-state index in [1.54, 1.807) is 42.5 Å². The van der Waals surface area contributed by atoms with Crippen molar-refractivity contribution in [2.45, 2.75) is 43.7 Å². The van der Waals surface area contributed by atoms with Gasteiger partial charge in [-0.2, -0.15) is 0 Å². The quantitative estimate of drug-likeness (QED) is 0.134. The number of carbonyl (C=O) groups is 2. The van der Waals surface area contributed by atoms with Gasteiger partial charge in [0, 0.05) is 19.5 Å². The Labute approximate surface area is 290 Å². The molecule has 1 unspecified atom stereocenters. The molecule has 4 aromatic rings. The van der Waals surface area contributed by atoms with Crippen LogP contribution in [0.5, 0.6) is 0 Å². The highest BCUT2D eigenvalue weighted by Gasteiger charge is 2.35. The number of nitrogens with zero attached hydrogens (tertiary/aromatic N) is 2. The molecule has 12 heteroatoms. The number of nitrogens with one attached hydrogen (secondary N) is 1. The maximum absolute atomic E-state index is 14.5. The van der Waals surface area contributed by atoms with Crippen molar-refractivity contribution >= 4 is 73.9 Å². The van der Waals surface area contributed by atoms with Gasteiger partial charge in [-0.05, 0) is 53.9 Å². The predicted octanol–water partition coefficient (Wildman–Crippen LogP) is 8.05. The Balaban J connectivity index is 1.83. The highest BCUT2D eigenvalue weighted by Crippen LogP contribution is 2.36. The molecule has 0 heterocycles. The van der Waals surface area contributed by atoms with E-state index in [0.717, 1.165) is 22.7 Å². The fourth-order valence-corrected chi connectivity index (χ4v) is 7.03. The first-order valence-electron chi connectivity index (χ1n) is 14.6. The van der Waals surface area contributed by atoms with Crippen molar-refractivity contribution in [1.82, 2.24) is 10.2 Å². The summed E-state index contributed by atoms with van der Waals surface area (Å²) in [6, 6.07) is 25.5. The normalized spacial score (nSPS) is 11.9. The third kappa shape index (κ3) is 8.96. The Morgan fingerprint density at radius 2 is 1.46 bits per heavy atom. The molecule has 0 bridgehead atoms. The molecule has 4 rings (SSSR count). The van der Waals surface area contributed by atoms with Gasteiger partial charge in [0.2, 0.25) is 11.8 Å². The summed E-state index contributed by atoms with van der Waals surface area (Å²) in [4.78, 5) is 29.7. The Morgan fingerprint density at radius 1 is 0.783 bits per heavy atom. The van der Waals surface area contributed by atoms with Crippen molar-refractivity contribution in [1.29, 1.82) is 0 Å². The Hall–Kier alpha value is -3.27. The van der Waals surface area contributed by atoms with Crippen molar-refractivity contribution in [2.75, 3.05) is 17.4 Å². The number of carbonyl (C=O) groups excluding carboxylic acids is 2. The monoisotopic (exact) mass is 719 g/mol. The van der Waals surface area contributed by atoms with Crippen LogP contribution in [-0.4, -0.2) is 44.3 Å². The number of amides is 2.